The van der Waals surface area contributed by atoms with Crippen molar-refractivity contribution in [2.75, 3.05) is 0 Å². The Morgan fingerprint density at radius 1 is 0.912 bits per heavy atom. The van der Waals surface area contributed by atoms with Crippen LogP contribution in [0.25, 0.3) is 34.0 Å². The first-order valence-corrected chi connectivity index (χ1v) is 11.0. The predicted molar refractivity (Wildman–Crippen MR) is 134 cm³/mol. The lowest BCUT2D eigenvalue weighted by Gasteiger charge is -2.23. The zero-order valence-corrected chi connectivity index (χ0v) is 19.1. The van der Waals surface area contributed by atoms with Gasteiger partial charge in [-0.1, -0.05) is 36.4 Å². The number of carbonyl (C=O) groups excluding carboxylic acids is 2. The summed E-state index contributed by atoms with van der Waals surface area (Å²) >= 11 is 0. The quantitative estimate of drug-likeness (QED) is 0.380. The van der Waals surface area contributed by atoms with Crippen LogP contribution in [0.2, 0.25) is 0 Å². The number of hydrogen-bond acceptors (Lipinski definition) is 4. The van der Waals surface area contributed by atoms with E-state index in [2.05, 4.69) is 15.0 Å². The molecule has 5 rings (SSSR count). The molecule has 0 atom stereocenters. The van der Waals surface area contributed by atoms with Gasteiger partial charge in [0.05, 0.1) is 0 Å². The van der Waals surface area contributed by atoms with E-state index in [1.807, 2.05) is 67.0 Å². The zero-order chi connectivity index (χ0) is 23.9. The van der Waals surface area contributed by atoms with Crippen LogP contribution in [0.3, 0.4) is 0 Å². The van der Waals surface area contributed by atoms with Gasteiger partial charge in [0.25, 0.3) is 5.91 Å². The number of ether oxygens (including phenoxy) is 1. The van der Waals surface area contributed by atoms with Gasteiger partial charge in [0.2, 0.25) is 0 Å². The summed E-state index contributed by atoms with van der Waals surface area (Å²) in [5.74, 6) is -0.325. The average molecular weight is 453 g/mol. The fourth-order valence-electron chi connectivity index (χ4n) is 3.89. The average Bonchev–Trinajstić information content (AvgIpc) is 3.47. The number of nitrogens with zero attached hydrogens (tertiary/aromatic N) is 2. The number of imide groups is 1. The normalized spacial score (nSPS) is 15.7. The Morgan fingerprint density at radius 3 is 2.15 bits per heavy atom. The van der Waals surface area contributed by atoms with E-state index in [9.17, 15) is 9.59 Å². The second kappa shape index (κ2) is 8.19. The highest BCUT2D eigenvalue weighted by atomic mass is 16.6. The molecule has 170 valence electrons. The summed E-state index contributed by atoms with van der Waals surface area (Å²) in [7, 11) is 0. The standard InChI is InChI=1S/C27H24N4O3/c1-27(2,3)34-26(33)31-24(13-12-17-15-28-21-10-6-4-8-19(17)21)30-23(25(31)32)14-18-16-29-22-11-7-5-9-20(18)22/h4-16,28-29H,1-3H3/b13-12+,23-14-. The van der Waals surface area contributed by atoms with Crippen LogP contribution in [0.15, 0.2) is 77.7 Å². The number of nitrogens with one attached hydrogen (secondary N) is 2. The molecule has 3 heterocycles. The fraction of sp³-hybridized carbons (Fsp3) is 0.148. The molecule has 0 aliphatic carbocycles. The molecule has 4 aromatic rings. The summed E-state index contributed by atoms with van der Waals surface area (Å²) in [5, 5.41) is 1.99. The third-order valence-electron chi connectivity index (χ3n) is 5.41. The van der Waals surface area contributed by atoms with Gasteiger partial charge in [-0.15, -0.1) is 0 Å². The number of aromatic amines is 2. The number of para-hydroxylation sites is 2. The lowest BCUT2D eigenvalue weighted by Crippen LogP contribution is -2.41. The summed E-state index contributed by atoms with van der Waals surface area (Å²) in [4.78, 5) is 38.1. The maximum absolute atomic E-state index is 13.3. The van der Waals surface area contributed by atoms with Crippen LogP contribution in [0, 0.1) is 0 Å². The summed E-state index contributed by atoms with van der Waals surface area (Å²) in [6, 6.07) is 15.7. The van der Waals surface area contributed by atoms with E-state index in [4.69, 9.17) is 4.74 Å². The third kappa shape index (κ3) is 4.03. The molecule has 0 bridgehead atoms. The van der Waals surface area contributed by atoms with Crippen LogP contribution in [0.1, 0.15) is 31.9 Å². The molecular weight excluding hydrogens is 428 g/mol. The molecule has 2 aromatic carbocycles. The van der Waals surface area contributed by atoms with Crippen molar-refractivity contribution >= 4 is 51.8 Å². The maximum atomic E-state index is 13.3. The number of carbonyl (C=O) groups is 2. The smallest absolute Gasteiger partial charge is 0.423 e. The Morgan fingerprint density at radius 2 is 1.50 bits per heavy atom. The number of benzene rings is 2. The molecule has 7 nitrogen and oxygen atoms in total. The van der Waals surface area contributed by atoms with Gasteiger partial charge in [0, 0.05) is 39.8 Å². The van der Waals surface area contributed by atoms with Gasteiger partial charge in [-0.05, 0) is 56.7 Å². The molecular formula is C27H24N4O3. The SMILES string of the molecule is CC(C)(C)OC(=O)N1C(=O)/C(=C/c2c[nH]c3ccccc23)N=C1/C=C/c1c[nH]c2ccccc12. The highest BCUT2D eigenvalue weighted by Gasteiger charge is 2.37. The molecule has 0 spiro atoms. The fourth-order valence-corrected chi connectivity index (χ4v) is 3.89. The molecule has 2 N–H and O–H groups in total. The molecule has 2 amide bonds. The van der Waals surface area contributed by atoms with E-state index in [1.54, 1.807) is 32.9 Å². The van der Waals surface area contributed by atoms with E-state index in [0.717, 1.165) is 37.8 Å². The Bertz CT molecular complexity index is 1510. The lowest BCUT2D eigenvalue weighted by molar-refractivity contribution is -0.122. The number of aliphatic imine (C=N–C) groups is 1. The van der Waals surface area contributed by atoms with E-state index >= 15 is 0 Å². The van der Waals surface area contributed by atoms with Crippen molar-refractivity contribution in [2.24, 2.45) is 4.99 Å². The highest BCUT2D eigenvalue weighted by molar-refractivity contribution is 6.26. The van der Waals surface area contributed by atoms with Gasteiger partial charge in [0.15, 0.2) is 0 Å². The summed E-state index contributed by atoms with van der Waals surface area (Å²) in [5.41, 5.74) is 3.08. The molecule has 0 saturated carbocycles. The molecule has 0 saturated heterocycles. The third-order valence-corrected chi connectivity index (χ3v) is 5.41. The van der Waals surface area contributed by atoms with Gasteiger partial charge in [-0.2, -0.15) is 4.90 Å². The Hall–Kier alpha value is -4.39. The second-order valence-corrected chi connectivity index (χ2v) is 9.03. The molecule has 0 unspecified atom stereocenters. The van der Waals surface area contributed by atoms with Crippen molar-refractivity contribution in [3.8, 4) is 0 Å². The first kappa shape index (κ1) is 21.5. The van der Waals surface area contributed by atoms with E-state index in [0.29, 0.717) is 0 Å². The van der Waals surface area contributed by atoms with Crippen LogP contribution in [0.5, 0.6) is 0 Å². The molecule has 0 radical (unpaired) electrons. The Balaban J connectivity index is 1.54. The van der Waals surface area contributed by atoms with Crippen molar-refractivity contribution in [1.82, 2.24) is 14.9 Å². The van der Waals surface area contributed by atoms with Gasteiger partial charge in [-0.25, -0.2) is 9.79 Å². The number of fused-ring (bicyclic) bond motifs is 2. The van der Waals surface area contributed by atoms with Gasteiger partial charge in [0.1, 0.15) is 17.1 Å². The topological polar surface area (TPSA) is 90.5 Å². The minimum absolute atomic E-state index is 0.161. The number of rotatable bonds is 3. The van der Waals surface area contributed by atoms with Crippen LogP contribution in [-0.2, 0) is 9.53 Å². The first-order chi connectivity index (χ1) is 16.3. The molecule has 7 heteroatoms. The Labute approximate surface area is 196 Å². The van der Waals surface area contributed by atoms with E-state index in [1.165, 1.54) is 0 Å². The largest absolute Gasteiger partial charge is 0.443 e. The monoisotopic (exact) mass is 452 g/mol. The lowest BCUT2D eigenvalue weighted by atomic mass is 10.1. The van der Waals surface area contributed by atoms with E-state index in [-0.39, 0.29) is 11.5 Å². The number of H-pyrrole nitrogens is 2. The minimum Gasteiger partial charge on any atom is -0.443 e. The molecule has 1 aliphatic rings. The molecule has 34 heavy (non-hydrogen) atoms. The first-order valence-electron chi connectivity index (χ1n) is 11.0. The van der Waals surface area contributed by atoms with Gasteiger partial charge in [-0.3, -0.25) is 4.79 Å². The van der Waals surface area contributed by atoms with Gasteiger partial charge >= 0.3 is 6.09 Å². The van der Waals surface area contributed by atoms with Crippen molar-refractivity contribution in [3.63, 3.8) is 0 Å². The second-order valence-electron chi connectivity index (χ2n) is 9.03. The minimum atomic E-state index is -0.762. The molecule has 2 aromatic heterocycles. The Kier molecular flexibility index (Phi) is 5.17. The number of amidine groups is 1. The van der Waals surface area contributed by atoms with Crippen LogP contribution in [0.4, 0.5) is 4.79 Å². The molecule has 1 aliphatic heterocycles. The number of amides is 2. The van der Waals surface area contributed by atoms with Crippen molar-refractivity contribution < 1.29 is 14.3 Å². The van der Waals surface area contributed by atoms with Crippen molar-refractivity contribution in [3.05, 3.63) is 83.8 Å². The summed E-state index contributed by atoms with van der Waals surface area (Å²) in [6.45, 7) is 5.27. The predicted octanol–water partition coefficient (Wildman–Crippen LogP) is 5.88. The highest BCUT2D eigenvalue weighted by Crippen LogP contribution is 2.26. The zero-order valence-electron chi connectivity index (χ0n) is 19.1. The summed E-state index contributed by atoms with van der Waals surface area (Å²) in [6.07, 6.45) is 8.11. The van der Waals surface area contributed by atoms with Gasteiger partial charge < -0.3 is 14.7 Å². The van der Waals surface area contributed by atoms with E-state index < -0.39 is 17.6 Å². The van der Waals surface area contributed by atoms with Crippen LogP contribution in [-0.4, -0.2) is 38.3 Å². The number of aromatic nitrogens is 2. The molecule has 0 fully saturated rings. The van der Waals surface area contributed by atoms with Crippen LogP contribution >= 0.6 is 0 Å². The summed E-state index contributed by atoms with van der Waals surface area (Å²) < 4.78 is 5.50. The maximum Gasteiger partial charge on any atom is 0.423 e. The van der Waals surface area contributed by atoms with Crippen molar-refractivity contribution in [2.45, 2.75) is 26.4 Å². The van der Waals surface area contributed by atoms with Crippen LogP contribution < -0.4 is 0 Å². The number of hydrogen-bond donors (Lipinski definition) is 2. The van der Waals surface area contributed by atoms with Crippen molar-refractivity contribution in [1.29, 1.82) is 0 Å².